The molecule has 0 bridgehead atoms. The predicted molar refractivity (Wildman–Crippen MR) is 148 cm³/mol. The van der Waals surface area contributed by atoms with Gasteiger partial charge in [0, 0.05) is 43.0 Å². The molecule has 11 nitrogen and oxygen atoms in total. The molecule has 2 aromatic carbocycles. The van der Waals surface area contributed by atoms with Gasteiger partial charge in [0.05, 0.1) is 18.8 Å². The zero-order valence-corrected chi connectivity index (χ0v) is 23.9. The Morgan fingerprint density at radius 3 is 2.40 bits per heavy atom. The number of aromatic nitrogens is 2. The molecule has 1 fully saturated rings. The van der Waals surface area contributed by atoms with E-state index >= 15 is 8.78 Å². The summed E-state index contributed by atoms with van der Waals surface area (Å²) in [7, 11) is 1.55. The summed E-state index contributed by atoms with van der Waals surface area (Å²) in [5.74, 6) is -5.20. The Kier molecular flexibility index (Phi) is 8.69. The van der Waals surface area contributed by atoms with E-state index in [1.54, 1.807) is 14.0 Å². The van der Waals surface area contributed by atoms with Crippen molar-refractivity contribution in [2.45, 2.75) is 31.6 Å². The number of alkyl halides is 3. The van der Waals surface area contributed by atoms with Crippen LogP contribution in [-0.2, 0) is 23.0 Å². The molecule has 0 aliphatic carbocycles. The van der Waals surface area contributed by atoms with Crippen LogP contribution in [0.4, 0.5) is 27.6 Å². The van der Waals surface area contributed by atoms with Crippen LogP contribution in [0.15, 0.2) is 35.3 Å². The zero-order valence-electron chi connectivity index (χ0n) is 23.9. The van der Waals surface area contributed by atoms with Crippen LogP contribution >= 0.6 is 0 Å². The Hall–Kier alpha value is -4.73. The van der Waals surface area contributed by atoms with Gasteiger partial charge >= 0.3 is 12.1 Å². The van der Waals surface area contributed by atoms with Crippen molar-refractivity contribution >= 4 is 17.6 Å². The summed E-state index contributed by atoms with van der Waals surface area (Å²) >= 11 is 0. The van der Waals surface area contributed by atoms with E-state index in [1.165, 1.54) is 22.9 Å². The lowest BCUT2D eigenvalue weighted by Gasteiger charge is -2.38. The topological polar surface area (TPSA) is 132 Å². The highest BCUT2D eigenvalue weighted by molar-refractivity contribution is 5.97. The number of carbonyl (C=O) groups is 2. The number of aryl methyl sites for hydroxylation is 1. The largest absolute Gasteiger partial charge is 0.486 e. The first kappa shape index (κ1) is 31.7. The number of carboxylic acid groups (broad SMARTS) is 1. The van der Waals surface area contributed by atoms with E-state index in [2.05, 4.69) is 10.3 Å². The summed E-state index contributed by atoms with van der Waals surface area (Å²) in [4.78, 5) is 42.9. The summed E-state index contributed by atoms with van der Waals surface area (Å²) in [6.07, 6.45) is -3.79. The number of nitrogens with one attached hydrogen (secondary N) is 1. The highest BCUT2D eigenvalue weighted by Crippen LogP contribution is 2.42. The second-order valence-corrected chi connectivity index (χ2v) is 10.4. The number of carboxylic acids is 1. The summed E-state index contributed by atoms with van der Waals surface area (Å²) in [6.45, 7) is 0.718. The third-order valence-corrected chi connectivity index (χ3v) is 7.58. The smallest absolute Gasteiger partial charge is 0.411 e. The molecule has 1 aromatic heterocycles. The number of halogens is 5. The zero-order chi connectivity index (χ0) is 32.6. The minimum Gasteiger partial charge on any atom is -0.486 e. The van der Waals surface area contributed by atoms with Gasteiger partial charge in [-0.25, -0.2) is 18.6 Å². The fourth-order valence-corrected chi connectivity index (χ4v) is 5.15. The predicted octanol–water partition coefficient (Wildman–Crippen LogP) is 3.00. The molecule has 3 heterocycles. The minimum absolute atomic E-state index is 0.0960. The monoisotopic (exact) mass is 638 g/mol. The third kappa shape index (κ3) is 6.27. The van der Waals surface area contributed by atoms with Crippen molar-refractivity contribution in [1.82, 2.24) is 14.9 Å². The van der Waals surface area contributed by atoms with Crippen molar-refractivity contribution in [1.29, 1.82) is 0 Å². The lowest BCUT2D eigenvalue weighted by molar-refractivity contribution is -0.167. The SMILES string of the molecule is Cc1ncc(-c2ccc(C[C@H](NC(=O)c3c(F)cc(N4CCOC[C@@H]4C(F)(F)F)cc3F)C(=O)O)c3c2OCCO3)c(=O)n1C. The second-order valence-electron chi connectivity index (χ2n) is 10.4. The fourth-order valence-electron chi connectivity index (χ4n) is 5.15. The lowest BCUT2D eigenvalue weighted by Crippen LogP contribution is -2.53. The maximum Gasteiger partial charge on any atom is 0.411 e. The van der Waals surface area contributed by atoms with Gasteiger partial charge < -0.3 is 29.5 Å². The summed E-state index contributed by atoms with van der Waals surface area (Å²) in [6, 6.07) is 0.272. The van der Waals surface area contributed by atoms with E-state index in [4.69, 9.17) is 14.2 Å². The Bertz CT molecular complexity index is 1690. The van der Waals surface area contributed by atoms with Crippen LogP contribution in [0.25, 0.3) is 11.1 Å². The number of morpholine rings is 1. The second kappa shape index (κ2) is 12.3. The number of hydrogen-bond acceptors (Lipinski definition) is 8. The molecule has 240 valence electrons. The molecule has 0 spiro atoms. The van der Waals surface area contributed by atoms with E-state index in [0.29, 0.717) is 23.5 Å². The van der Waals surface area contributed by atoms with Crippen LogP contribution in [0.3, 0.4) is 0 Å². The first-order valence-electron chi connectivity index (χ1n) is 13.7. The summed E-state index contributed by atoms with van der Waals surface area (Å²) < 4.78 is 88.3. The maximum atomic E-state index is 15.1. The fraction of sp³-hybridized carbons (Fsp3) is 0.379. The number of anilines is 1. The van der Waals surface area contributed by atoms with Gasteiger partial charge in [-0.1, -0.05) is 6.07 Å². The van der Waals surface area contributed by atoms with E-state index in [1.807, 2.05) is 0 Å². The van der Waals surface area contributed by atoms with Gasteiger partial charge in [0.1, 0.15) is 48.3 Å². The van der Waals surface area contributed by atoms with Crippen LogP contribution < -0.4 is 25.2 Å². The van der Waals surface area contributed by atoms with Crippen molar-refractivity contribution in [2.75, 3.05) is 37.9 Å². The molecule has 2 aliphatic rings. The van der Waals surface area contributed by atoms with Crippen molar-refractivity contribution in [3.05, 3.63) is 69.4 Å². The van der Waals surface area contributed by atoms with Crippen molar-refractivity contribution in [2.24, 2.45) is 7.05 Å². The quantitative estimate of drug-likeness (QED) is 0.375. The van der Waals surface area contributed by atoms with Crippen LogP contribution in [-0.4, -0.2) is 77.8 Å². The van der Waals surface area contributed by atoms with Gasteiger partial charge in [0.15, 0.2) is 11.5 Å². The number of hydrogen-bond donors (Lipinski definition) is 2. The van der Waals surface area contributed by atoms with Crippen LogP contribution in [0.1, 0.15) is 21.7 Å². The van der Waals surface area contributed by atoms with E-state index in [-0.39, 0.29) is 54.6 Å². The maximum absolute atomic E-state index is 15.1. The standard InChI is InChI=1S/C29H27F5N4O7/c1-14-35-12-18(27(40)37(14)2)17-4-3-15(24-25(17)45-8-7-44-24)9-21(28(41)42)36-26(39)23-19(30)10-16(11-20(23)31)38-5-6-43-13-22(38)29(32,33)34/h3-4,10-12,21-22H,5-9,13H2,1-2H3,(H,36,39)(H,41,42)/t21-,22+/m0/s1. The Balaban J connectivity index is 1.42. The lowest BCUT2D eigenvalue weighted by atomic mass is 9.98. The van der Waals surface area contributed by atoms with E-state index < -0.39 is 66.0 Å². The molecular formula is C29H27F5N4O7. The number of fused-ring (bicyclic) bond motifs is 1. The van der Waals surface area contributed by atoms with E-state index in [0.717, 1.165) is 4.90 Å². The van der Waals surface area contributed by atoms with Gasteiger partial charge in [-0.3, -0.25) is 14.2 Å². The summed E-state index contributed by atoms with van der Waals surface area (Å²) in [5, 5.41) is 11.9. The number of amides is 1. The van der Waals surface area contributed by atoms with Gasteiger partial charge in [-0.2, -0.15) is 13.2 Å². The van der Waals surface area contributed by atoms with Crippen LogP contribution in [0, 0.1) is 18.6 Å². The molecule has 5 rings (SSSR count). The Labute approximate surface area is 252 Å². The number of rotatable bonds is 7. The van der Waals surface area contributed by atoms with Crippen molar-refractivity contribution < 1.29 is 50.9 Å². The average Bonchev–Trinajstić information content (AvgIpc) is 2.99. The molecule has 3 aromatic rings. The molecule has 0 radical (unpaired) electrons. The van der Waals surface area contributed by atoms with Gasteiger partial charge in [-0.05, 0) is 25.1 Å². The number of aliphatic carboxylic acids is 1. The van der Waals surface area contributed by atoms with Gasteiger partial charge in [-0.15, -0.1) is 0 Å². The Morgan fingerprint density at radius 2 is 1.76 bits per heavy atom. The number of ether oxygens (including phenoxy) is 3. The molecule has 1 saturated heterocycles. The van der Waals surface area contributed by atoms with Crippen LogP contribution in [0.5, 0.6) is 11.5 Å². The molecule has 2 N–H and O–H groups in total. The van der Waals surface area contributed by atoms with E-state index in [9.17, 15) is 32.7 Å². The normalized spacial score (nSPS) is 17.1. The molecule has 2 aliphatic heterocycles. The highest BCUT2D eigenvalue weighted by atomic mass is 19.4. The molecule has 0 unspecified atom stereocenters. The van der Waals surface area contributed by atoms with Crippen molar-refractivity contribution in [3.8, 4) is 22.6 Å². The van der Waals surface area contributed by atoms with Crippen molar-refractivity contribution in [3.63, 3.8) is 0 Å². The number of carbonyl (C=O) groups excluding carboxylic acids is 1. The first-order chi connectivity index (χ1) is 21.3. The molecule has 45 heavy (non-hydrogen) atoms. The molecular weight excluding hydrogens is 611 g/mol. The van der Waals surface area contributed by atoms with Gasteiger partial charge in [0.2, 0.25) is 0 Å². The van der Waals surface area contributed by atoms with Gasteiger partial charge in [0.25, 0.3) is 11.5 Å². The summed E-state index contributed by atoms with van der Waals surface area (Å²) in [5.41, 5.74) is -1.19. The Morgan fingerprint density at radius 1 is 1.09 bits per heavy atom. The molecule has 0 saturated carbocycles. The highest BCUT2D eigenvalue weighted by Gasteiger charge is 2.46. The number of benzene rings is 2. The number of nitrogens with zero attached hydrogens (tertiary/aromatic N) is 3. The van der Waals surface area contributed by atoms with Crippen LogP contribution in [0.2, 0.25) is 0 Å². The third-order valence-electron chi connectivity index (χ3n) is 7.58. The average molecular weight is 639 g/mol. The minimum atomic E-state index is -4.75. The molecule has 16 heteroatoms. The molecule has 2 atom stereocenters. The first-order valence-corrected chi connectivity index (χ1v) is 13.7. The molecule has 1 amide bonds.